The van der Waals surface area contributed by atoms with Gasteiger partial charge in [0.1, 0.15) is 17.6 Å². The predicted molar refractivity (Wildman–Crippen MR) is 126 cm³/mol. The van der Waals surface area contributed by atoms with Crippen LogP contribution in [0.5, 0.6) is 5.75 Å². The molecule has 0 spiro atoms. The van der Waals surface area contributed by atoms with E-state index >= 15 is 0 Å². The summed E-state index contributed by atoms with van der Waals surface area (Å²) in [5.41, 5.74) is 1.54. The molecule has 1 atom stereocenters. The number of aromatic nitrogens is 2. The molecule has 1 aromatic heterocycles. The second-order valence-electron chi connectivity index (χ2n) is 8.27. The number of methoxy groups -OCH3 is 1. The summed E-state index contributed by atoms with van der Waals surface area (Å²) in [6.07, 6.45) is 1.07. The van der Waals surface area contributed by atoms with E-state index in [2.05, 4.69) is 5.32 Å². The van der Waals surface area contributed by atoms with Crippen LogP contribution in [0.4, 0.5) is 10.3 Å². The Kier molecular flexibility index (Phi) is 6.43. The molecule has 1 saturated heterocycles. The van der Waals surface area contributed by atoms with Gasteiger partial charge in [0.2, 0.25) is 5.95 Å². The lowest BCUT2D eigenvalue weighted by Gasteiger charge is -2.25. The van der Waals surface area contributed by atoms with Gasteiger partial charge in [-0.25, -0.2) is 9.37 Å². The smallest absolute Gasteiger partial charge is 0.263 e. The highest BCUT2D eigenvalue weighted by atomic mass is 19.1. The number of ether oxygens (including phenoxy) is 1. The molecule has 0 amide bonds. The van der Waals surface area contributed by atoms with Crippen LogP contribution in [0, 0.1) is 23.1 Å². The van der Waals surface area contributed by atoms with E-state index in [4.69, 9.17) is 15.0 Å². The molecule has 0 bridgehead atoms. The molecule has 1 fully saturated rings. The van der Waals surface area contributed by atoms with Crippen molar-refractivity contribution < 1.29 is 9.13 Å². The molecule has 1 N–H and O–H groups in total. The Bertz CT molecular complexity index is 1260. The van der Waals surface area contributed by atoms with E-state index in [1.165, 1.54) is 16.7 Å². The first-order valence-corrected chi connectivity index (χ1v) is 10.8. The molecule has 0 aliphatic carbocycles. The molecule has 0 radical (unpaired) electrons. The van der Waals surface area contributed by atoms with Gasteiger partial charge in [0.15, 0.2) is 0 Å². The molecule has 170 valence electrons. The van der Waals surface area contributed by atoms with Crippen LogP contribution in [0.15, 0.2) is 47.3 Å². The quantitative estimate of drug-likeness (QED) is 0.625. The van der Waals surface area contributed by atoms with Crippen molar-refractivity contribution in [3.05, 3.63) is 64.2 Å². The zero-order chi connectivity index (χ0) is 23.5. The van der Waals surface area contributed by atoms with Crippen molar-refractivity contribution in [3.63, 3.8) is 0 Å². The monoisotopic (exact) mass is 447 g/mol. The van der Waals surface area contributed by atoms with Gasteiger partial charge in [-0.1, -0.05) is 18.2 Å². The molecule has 1 aliphatic heterocycles. The number of hydrogen-bond acceptors (Lipinski definition) is 6. The summed E-state index contributed by atoms with van der Waals surface area (Å²) in [6, 6.07) is 13.2. The number of rotatable bonds is 6. The van der Waals surface area contributed by atoms with Gasteiger partial charge in [0.05, 0.1) is 23.9 Å². The molecule has 33 heavy (non-hydrogen) atoms. The standard InChI is InChI=1S/C25H26FN5O2/c1-30(15-16-10-11-28-14-16)25-29-23(18-4-5-19(13-27)21(26)12-18)22(24(32)31(25)2)17-6-8-20(33-3)9-7-17/h4-9,12,16,28H,10-11,14-15H2,1-3H3. The molecular weight excluding hydrogens is 421 g/mol. The highest BCUT2D eigenvalue weighted by molar-refractivity contribution is 5.81. The highest BCUT2D eigenvalue weighted by Crippen LogP contribution is 2.31. The van der Waals surface area contributed by atoms with Crippen LogP contribution < -0.4 is 20.5 Å². The Morgan fingerprint density at radius 1 is 1.27 bits per heavy atom. The van der Waals surface area contributed by atoms with Crippen molar-refractivity contribution in [2.75, 3.05) is 38.7 Å². The Balaban J connectivity index is 1.89. The average Bonchev–Trinajstić information content (AvgIpc) is 3.33. The minimum Gasteiger partial charge on any atom is -0.497 e. The fourth-order valence-corrected chi connectivity index (χ4v) is 4.25. The van der Waals surface area contributed by atoms with Gasteiger partial charge < -0.3 is 15.0 Å². The molecule has 2 aromatic carbocycles. The second kappa shape index (κ2) is 9.43. The number of halogens is 1. The third kappa shape index (κ3) is 4.45. The molecular formula is C25H26FN5O2. The molecule has 3 aromatic rings. The fraction of sp³-hybridized carbons (Fsp3) is 0.320. The fourth-order valence-electron chi connectivity index (χ4n) is 4.25. The summed E-state index contributed by atoms with van der Waals surface area (Å²) in [6.45, 7) is 2.66. The summed E-state index contributed by atoms with van der Waals surface area (Å²) >= 11 is 0. The summed E-state index contributed by atoms with van der Waals surface area (Å²) in [5.74, 6) is 0.981. The maximum Gasteiger partial charge on any atom is 0.263 e. The first-order valence-electron chi connectivity index (χ1n) is 10.8. The van der Waals surface area contributed by atoms with Crippen LogP contribution in [-0.4, -0.2) is 43.3 Å². The van der Waals surface area contributed by atoms with Crippen molar-refractivity contribution in [1.82, 2.24) is 14.9 Å². The topological polar surface area (TPSA) is 83.2 Å². The van der Waals surface area contributed by atoms with Gasteiger partial charge in [-0.2, -0.15) is 5.26 Å². The van der Waals surface area contributed by atoms with Crippen LogP contribution >= 0.6 is 0 Å². The predicted octanol–water partition coefficient (Wildman–Crippen LogP) is 3.18. The van der Waals surface area contributed by atoms with Crippen molar-refractivity contribution in [3.8, 4) is 34.2 Å². The Morgan fingerprint density at radius 3 is 2.61 bits per heavy atom. The lowest BCUT2D eigenvalue weighted by atomic mass is 9.99. The largest absolute Gasteiger partial charge is 0.497 e. The van der Waals surface area contributed by atoms with Gasteiger partial charge >= 0.3 is 0 Å². The van der Waals surface area contributed by atoms with Crippen LogP contribution in [0.1, 0.15) is 12.0 Å². The van der Waals surface area contributed by atoms with E-state index < -0.39 is 5.82 Å². The van der Waals surface area contributed by atoms with Crippen LogP contribution in [0.2, 0.25) is 0 Å². The SMILES string of the molecule is COc1ccc(-c2c(-c3ccc(C#N)c(F)c3)nc(N(C)CC3CCNC3)n(C)c2=O)cc1. The van der Waals surface area contributed by atoms with E-state index in [-0.39, 0.29) is 11.1 Å². The Hall–Kier alpha value is -3.70. The average molecular weight is 448 g/mol. The lowest BCUT2D eigenvalue weighted by molar-refractivity contribution is 0.415. The number of nitriles is 1. The second-order valence-corrected chi connectivity index (χ2v) is 8.27. The molecule has 1 aliphatic rings. The molecule has 1 unspecified atom stereocenters. The molecule has 2 heterocycles. The molecule has 4 rings (SSSR count). The molecule has 7 nitrogen and oxygen atoms in total. The van der Waals surface area contributed by atoms with Crippen LogP contribution in [-0.2, 0) is 7.05 Å². The normalized spacial score (nSPS) is 15.3. The summed E-state index contributed by atoms with van der Waals surface area (Å²) < 4.78 is 21.3. The van der Waals surface area contributed by atoms with E-state index in [1.54, 1.807) is 44.5 Å². The zero-order valence-electron chi connectivity index (χ0n) is 18.9. The first kappa shape index (κ1) is 22.5. The number of benzene rings is 2. The summed E-state index contributed by atoms with van der Waals surface area (Å²) in [5, 5.41) is 12.5. The van der Waals surface area contributed by atoms with Gasteiger partial charge in [-0.15, -0.1) is 0 Å². The van der Waals surface area contributed by atoms with Gasteiger partial charge in [0, 0.05) is 26.2 Å². The third-order valence-electron chi connectivity index (χ3n) is 6.04. The minimum atomic E-state index is -0.648. The van der Waals surface area contributed by atoms with Gasteiger partial charge in [-0.05, 0) is 55.3 Å². The van der Waals surface area contributed by atoms with Gasteiger partial charge in [-0.3, -0.25) is 9.36 Å². The Labute approximate surface area is 192 Å². The lowest BCUT2D eigenvalue weighted by Crippen LogP contribution is -2.34. The number of nitrogens with zero attached hydrogens (tertiary/aromatic N) is 4. The van der Waals surface area contributed by atoms with Crippen molar-refractivity contribution in [2.45, 2.75) is 6.42 Å². The van der Waals surface area contributed by atoms with Crippen LogP contribution in [0.3, 0.4) is 0 Å². The van der Waals surface area contributed by atoms with Gasteiger partial charge in [0.25, 0.3) is 5.56 Å². The van der Waals surface area contributed by atoms with Crippen molar-refractivity contribution in [2.24, 2.45) is 13.0 Å². The van der Waals surface area contributed by atoms with Crippen LogP contribution in [0.25, 0.3) is 22.4 Å². The zero-order valence-corrected chi connectivity index (χ0v) is 18.9. The Morgan fingerprint density at radius 2 is 2.00 bits per heavy atom. The minimum absolute atomic E-state index is 0.0559. The van der Waals surface area contributed by atoms with E-state index in [0.717, 1.165) is 26.1 Å². The van der Waals surface area contributed by atoms with E-state index in [1.807, 2.05) is 18.0 Å². The first-order chi connectivity index (χ1) is 15.9. The number of hydrogen-bond donors (Lipinski definition) is 1. The number of nitrogens with one attached hydrogen (secondary N) is 1. The summed E-state index contributed by atoms with van der Waals surface area (Å²) in [7, 11) is 5.19. The maximum atomic E-state index is 14.5. The molecule has 8 heteroatoms. The third-order valence-corrected chi connectivity index (χ3v) is 6.04. The van der Waals surface area contributed by atoms with Crippen molar-refractivity contribution in [1.29, 1.82) is 5.26 Å². The number of anilines is 1. The summed E-state index contributed by atoms with van der Waals surface area (Å²) in [4.78, 5) is 20.4. The highest BCUT2D eigenvalue weighted by Gasteiger charge is 2.23. The van der Waals surface area contributed by atoms with Crippen molar-refractivity contribution >= 4 is 5.95 Å². The van der Waals surface area contributed by atoms with E-state index in [0.29, 0.717) is 40.0 Å². The maximum absolute atomic E-state index is 14.5. The van der Waals surface area contributed by atoms with E-state index in [9.17, 15) is 9.18 Å². The molecule has 0 saturated carbocycles.